The predicted octanol–water partition coefficient (Wildman–Crippen LogP) is 4.76. The van der Waals surface area contributed by atoms with Gasteiger partial charge in [0.15, 0.2) is 5.78 Å². The van der Waals surface area contributed by atoms with Crippen LogP contribution in [0, 0.1) is 20.8 Å². The van der Waals surface area contributed by atoms with Crippen LogP contribution in [0.4, 0.5) is 5.82 Å². The summed E-state index contributed by atoms with van der Waals surface area (Å²) in [5, 5.41) is 8.12. The Kier molecular flexibility index (Phi) is 4.55. The number of hydrogen-bond acceptors (Lipinski definition) is 3. The summed E-state index contributed by atoms with van der Waals surface area (Å²) >= 11 is 5.94. The number of carbonyl (C=O) groups excluding carboxylic acids is 2. The number of carbonyl (C=O) groups is 2. The highest BCUT2D eigenvalue weighted by Crippen LogP contribution is 2.38. The zero-order valence-electron chi connectivity index (χ0n) is 15.9. The van der Waals surface area contributed by atoms with Gasteiger partial charge in [-0.3, -0.25) is 9.59 Å². The Hall–Kier alpha value is -2.92. The number of aryl methyl sites for hydroxylation is 3. The lowest BCUT2D eigenvalue weighted by atomic mass is 9.85. The first-order chi connectivity index (χ1) is 13.3. The molecule has 2 heterocycles. The van der Waals surface area contributed by atoms with E-state index in [1.807, 2.05) is 39.0 Å². The summed E-state index contributed by atoms with van der Waals surface area (Å²) in [6.45, 7) is 5.95. The SMILES string of the molecule is Cc1ccc(-n2nc(C)c3c2NC(=O)CC3C(=O)c2ccc(Cl)cc2)cc1C. The molecule has 0 fully saturated rings. The number of halogens is 1. The van der Waals surface area contributed by atoms with Crippen molar-refractivity contribution in [2.75, 3.05) is 5.32 Å². The molecular weight excluding hydrogens is 374 g/mol. The lowest BCUT2D eigenvalue weighted by molar-refractivity contribution is -0.116. The molecule has 0 saturated heterocycles. The van der Waals surface area contributed by atoms with Gasteiger partial charge >= 0.3 is 0 Å². The highest BCUT2D eigenvalue weighted by Gasteiger charge is 2.36. The van der Waals surface area contributed by atoms with E-state index in [9.17, 15) is 9.59 Å². The average Bonchev–Trinajstić information content (AvgIpc) is 3.00. The van der Waals surface area contributed by atoms with Gasteiger partial charge in [0, 0.05) is 22.6 Å². The number of rotatable bonds is 3. The molecule has 1 unspecified atom stereocenters. The first kappa shape index (κ1) is 18.4. The van der Waals surface area contributed by atoms with Crippen molar-refractivity contribution < 1.29 is 9.59 Å². The molecule has 1 aliphatic rings. The Labute approximate surface area is 168 Å². The van der Waals surface area contributed by atoms with E-state index in [4.69, 9.17) is 11.6 Å². The van der Waals surface area contributed by atoms with Crippen LogP contribution in [0.15, 0.2) is 42.5 Å². The third kappa shape index (κ3) is 3.12. The van der Waals surface area contributed by atoms with E-state index in [2.05, 4.69) is 10.4 Å². The van der Waals surface area contributed by atoms with E-state index < -0.39 is 5.92 Å². The molecule has 6 heteroatoms. The molecule has 1 atom stereocenters. The maximum Gasteiger partial charge on any atom is 0.226 e. The molecule has 5 nitrogen and oxygen atoms in total. The van der Waals surface area contributed by atoms with Crippen molar-refractivity contribution in [3.05, 3.63) is 75.4 Å². The molecule has 142 valence electrons. The molecular formula is C22H20ClN3O2. The second-order valence-corrected chi connectivity index (χ2v) is 7.64. The zero-order valence-corrected chi connectivity index (χ0v) is 16.7. The maximum atomic E-state index is 13.2. The highest BCUT2D eigenvalue weighted by atomic mass is 35.5. The fourth-order valence-electron chi connectivity index (χ4n) is 3.63. The topological polar surface area (TPSA) is 64.0 Å². The van der Waals surface area contributed by atoms with Crippen molar-refractivity contribution in [2.45, 2.75) is 33.1 Å². The van der Waals surface area contributed by atoms with Crippen LogP contribution in [0.3, 0.4) is 0 Å². The Bertz CT molecular complexity index is 1100. The molecule has 0 saturated carbocycles. The highest BCUT2D eigenvalue weighted by molar-refractivity contribution is 6.30. The van der Waals surface area contributed by atoms with Crippen LogP contribution < -0.4 is 5.32 Å². The fourth-order valence-corrected chi connectivity index (χ4v) is 3.76. The molecule has 1 N–H and O–H groups in total. The summed E-state index contributed by atoms with van der Waals surface area (Å²) in [4.78, 5) is 25.6. The van der Waals surface area contributed by atoms with Crippen LogP contribution in [0.5, 0.6) is 0 Å². The molecule has 4 rings (SSSR count). The first-order valence-electron chi connectivity index (χ1n) is 9.12. The smallest absolute Gasteiger partial charge is 0.226 e. The lowest BCUT2D eigenvalue weighted by Crippen LogP contribution is -2.28. The minimum atomic E-state index is -0.565. The van der Waals surface area contributed by atoms with Crippen molar-refractivity contribution in [2.24, 2.45) is 0 Å². The number of hydrogen-bond donors (Lipinski definition) is 1. The van der Waals surface area contributed by atoms with Crippen LogP contribution in [0.25, 0.3) is 5.69 Å². The number of anilines is 1. The Morgan fingerprint density at radius 1 is 1.11 bits per heavy atom. The molecule has 0 radical (unpaired) electrons. The second-order valence-electron chi connectivity index (χ2n) is 7.20. The number of ketones is 1. The van der Waals surface area contributed by atoms with Gasteiger partial charge in [-0.1, -0.05) is 17.7 Å². The monoisotopic (exact) mass is 393 g/mol. The molecule has 3 aromatic rings. The summed E-state index contributed by atoms with van der Waals surface area (Å²) in [7, 11) is 0. The summed E-state index contributed by atoms with van der Waals surface area (Å²) in [5.74, 6) is -0.283. The normalized spacial score (nSPS) is 15.9. The fraction of sp³-hybridized carbons (Fsp3) is 0.227. The quantitative estimate of drug-likeness (QED) is 0.652. The van der Waals surface area contributed by atoms with Gasteiger partial charge in [-0.05, 0) is 68.3 Å². The second kappa shape index (κ2) is 6.91. The first-order valence-corrected chi connectivity index (χ1v) is 9.49. The van der Waals surface area contributed by atoms with Gasteiger partial charge in [0.1, 0.15) is 5.82 Å². The zero-order chi connectivity index (χ0) is 20.0. The molecule has 0 aliphatic carbocycles. The van der Waals surface area contributed by atoms with E-state index >= 15 is 0 Å². The lowest BCUT2D eigenvalue weighted by Gasteiger charge is -2.23. The molecule has 0 spiro atoms. The third-order valence-corrected chi connectivity index (χ3v) is 5.53. The summed E-state index contributed by atoms with van der Waals surface area (Å²) in [6.07, 6.45) is 0.105. The van der Waals surface area contributed by atoms with E-state index in [0.29, 0.717) is 16.4 Å². The molecule has 1 aromatic heterocycles. The number of nitrogens with one attached hydrogen (secondary N) is 1. The number of amides is 1. The minimum absolute atomic E-state index is 0.101. The summed E-state index contributed by atoms with van der Waals surface area (Å²) < 4.78 is 1.72. The Balaban J connectivity index is 1.82. The largest absolute Gasteiger partial charge is 0.310 e. The van der Waals surface area contributed by atoms with E-state index in [1.165, 1.54) is 5.56 Å². The molecule has 1 aliphatic heterocycles. The van der Waals surface area contributed by atoms with Crippen molar-refractivity contribution in [3.8, 4) is 5.69 Å². The van der Waals surface area contributed by atoms with E-state index in [0.717, 1.165) is 22.5 Å². The van der Waals surface area contributed by atoms with E-state index in [-0.39, 0.29) is 18.1 Å². The predicted molar refractivity (Wildman–Crippen MR) is 110 cm³/mol. The van der Waals surface area contributed by atoms with Crippen LogP contribution in [-0.4, -0.2) is 21.5 Å². The Morgan fingerprint density at radius 2 is 1.82 bits per heavy atom. The molecule has 0 bridgehead atoms. The Morgan fingerprint density at radius 3 is 2.50 bits per heavy atom. The third-order valence-electron chi connectivity index (χ3n) is 5.28. The van der Waals surface area contributed by atoms with Crippen LogP contribution in [0.2, 0.25) is 5.02 Å². The number of nitrogens with zero attached hydrogens (tertiary/aromatic N) is 2. The van der Waals surface area contributed by atoms with Crippen molar-refractivity contribution in [3.63, 3.8) is 0 Å². The van der Waals surface area contributed by atoms with Crippen LogP contribution in [-0.2, 0) is 4.79 Å². The molecule has 28 heavy (non-hydrogen) atoms. The minimum Gasteiger partial charge on any atom is -0.310 e. The van der Waals surface area contributed by atoms with Crippen molar-refractivity contribution in [1.29, 1.82) is 0 Å². The van der Waals surface area contributed by atoms with Gasteiger partial charge in [0.25, 0.3) is 0 Å². The van der Waals surface area contributed by atoms with Gasteiger partial charge in [-0.25, -0.2) is 4.68 Å². The average molecular weight is 394 g/mol. The summed E-state index contributed by atoms with van der Waals surface area (Å²) in [5.41, 5.74) is 5.22. The number of fused-ring (bicyclic) bond motifs is 1. The number of Topliss-reactive ketones (excluding diaryl/α,β-unsaturated/α-hetero) is 1. The summed E-state index contributed by atoms with van der Waals surface area (Å²) in [6, 6.07) is 12.8. The number of benzene rings is 2. The standard InChI is InChI=1S/C22H20ClN3O2/c1-12-4-9-17(10-13(12)2)26-22-20(14(3)25-26)18(11-19(27)24-22)21(28)15-5-7-16(23)8-6-15/h4-10,18H,11H2,1-3H3,(H,24,27). The van der Waals surface area contributed by atoms with Gasteiger partial charge in [-0.2, -0.15) is 5.10 Å². The van der Waals surface area contributed by atoms with Gasteiger partial charge in [0.05, 0.1) is 17.3 Å². The van der Waals surface area contributed by atoms with Crippen LogP contribution >= 0.6 is 11.6 Å². The number of aromatic nitrogens is 2. The molecule has 2 aromatic carbocycles. The van der Waals surface area contributed by atoms with Gasteiger partial charge in [-0.15, -0.1) is 0 Å². The molecule has 1 amide bonds. The maximum absolute atomic E-state index is 13.2. The van der Waals surface area contributed by atoms with Crippen molar-refractivity contribution in [1.82, 2.24) is 9.78 Å². The van der Waals surface area contributed by atoms with Gasteiger partial charge in [0.2, 0.25) is 5.91 Å². The van der Waals surface area contributed by atoms with E-state index in [1.54, 1.807) is 28.9 Å². The van der Waals surface area contributed by atoms with Crippen molar-refractivity contribution >= 4 is 29.1 Å². The van der Waals surface area contributed by atoms with Crippen LogP contribution in [0.1, 0.15) is 45.1 Å². The van der Waals surface area contributed by atoms with Gasteiger partial charge < -0.3 is 5.32 Å².